The minimum Gasteiger partial charge on any atom is -0.507 e. The van der Waals surface area contributed by atoms with E-state index in [-0.39, 0.29) is 16.9 Å². The molecule has 4 rings (SSSR count). The Bertz CT molecular complexity index is 1060. The molecule has 170 valence electrons. The second-order valence-electron chi connectivity index (χ2n) is 9.27. The molecule has 0 unspecified atom stereocenters. The summed E-state index contributed by atoms with van der Waals surface area (Å²) in [6.45, 7) is 4.59. The monoisotopic (exact) mass is 438 g/mol. The van der Waals surface area contributed by atoms with Crippen LogP contribution in [0.3, 0.4) is 0 Å². The van der Waals surface area contributed by atoms with Gasteiger partial charge in [0.05, 0.1) is 11.9 Å². The normalized spacial score (nSPS) is 23.7. The van der Waals surface area contributed by atoms with E-state index in [1.165, 1.54) is 24.8 Å². The van der Waals surface area contributed by atoms with E-state index in [1.54, 1.807) is 12.3 Å². The van der Waals surface area contributed by atoms with Gasteiger partial charge in [-0.3, -0.25) is 5.10 Å². The standard InChI is InChI=1S/C24H31FN6O/c1-15-7-8-24(2,26-3)12-17(9-15)31(4)23-6-5-21(29-30-23)19-10-20(25)18(11-22(19)32)16-13-27-28-14-16/h5-6,10-11,13-15,17,26,32H,7-9,12H2,1-4H3,(H,27,28)/t15-,17+,24-/m1/s1. The van der Waals surface area contributed by atoms with Crippen molar-refractivity contribution in [2.24, 2.45) is 5.92 Å². The molecule has 3 atom stereocenters. The Balaban J connectivity index is 1.57. The third kappa shape index (κ3) is 4.46. The highest BCUT2D eigenvalue weighted by atomic mass is 19.1. The van der Waals surface area contributed by atoms with Crippen molar-refractivity contribution in [1.29, 1.82) is 0 Å². The van der Waals surface area contributed by atoms with Crippen molar-refractivity contribution in [2.75, 3.05) is 19.0 Å². The zero-order valence-corrected chi connectivity index (χ0v) is 19.1. The minimum absolute atomic E-state index is 0.0552. The summed E-state index contributed by atoms with van der Waals surface area (Å²) in [5, 5.41) is 29.2. The van der Waals surface area contributed by atoms with Crippen LogP contribution in [-0.2, 0) is 0 Å². The Hall–Kier alpha value is -3.00. The molecular formula is C24H31FN6O. The molecule has 3 N–H and O–H groups in total. The largest absolute Gasteiger partial charge is 0.507 e. The Kier molecular flexibility index (Phi) is 6.15. The first-order valence-corrected chi connectivity index (χ1v) is 11.1. The Morgan fingerprint density at radius 1 is 1.25 bits per heavy atom. The number of H-pyrrole nitrogens is 1. The van der Waals surface area contributed by atoms with Gasteiger partial charge < -0.3 is 15.3 Å². The highest BCUT2D eigenvalue weighted by molar-refractivity contribution is 5.74. The molecule has 2 heterocycles. The van der Waals surface area contributed by atoms with Gasteiger partial charge in [-0.25, -0.2) is 4.39 Å². The maximum Gasteiger partial charge on any atom is 0.151 e. The molecule has 8 heteroatoms. The number of aromatic amines is 1. The fraction of sp³-hybridized carbons (Fsp3) is 0.458. The fourth-order valence-corrected chi connectivity index (χ4v) is 4.61. The third-order valence-corrected chi connectivity index (χ3v) is 6.88. The quantitative estimate of drug-likeness (QED) is 0.513. The van der Waals surface area contributed by atoms with E-state index in [1.807, 2.05) is 13.1 Å². The molecule has 1 aliphatic rings. The molecule has 2 aromatic heterocycles. The highest BCUT2D eigenvalue weighted by Crippen LogP contribution is 2.36. The summed E-state index contributed by atoms with van der Waals surface area (Å²) in [5.74, 6) is 0.890. The molecular weight excluding hydrogens is 407 g/mol. The van der Waals surface area contributed by atoms with Crippen molar-refractivity contribution in [1.82, 2.24) is 25.7 Å². The molecule has 7 nitrogen and oxygen atoms in total. The number of rotatable bonds is 5. The SMILES string of the molecule is CN[C@]1(C)CC[C@@H](C)C[C@H](N(C)c2ccc(-c3cc(F)c(-c4cn[nH]c4)cc3O)nn2)C1. The molecule has 0 bridgehead atoms. The van der Waals surface area contributed by atoms with E-state index in [9.17, 15) is 9.50 Å². The molecule has 0 radical (unpaired) electrons. The average molecular weight is 439 g/mol. The molecule has 0 spiro atoms. The van der Waals surface area contributed by atoms with Crippen LogP contribution >= 0.6 is 0 Å². The van der Waals surface area contributed by atoms with Crippen molar-refractivity contribution in [3.63, 3.8) is 0 Å². The van der Waals surface area contributed by atoms with Crippen LogP contribution in [0.4, 0.5) is 10.2 Å². The molecule has 32 heavy (non-hydrogen) atoms. The van der Waals surface area contributed by atoms with Gasteiger partial charge in [0.1, 0.15) is 11.6 Å². The molecule has 1 aromatic carbocycles. The lowest BCUT2D eigenvalue weighted by Gasteiger charge is -2.35. The van der Waals surface area contributed by atoms with Gasteiger partial charge in [0.15, 0.2) is 5.82 Å². The van der Waals surface area contributed by atoms with Crippen LogP contribution in [-0.4, -0.2) is 51.2 Å². The van der Waals surface area contributed by atoms with Crippen molar-refractivity contribution in [2.45, 2.75) is 51.1 Å². The molecule has 0 saturated heterocycles. The maximum absolute atomic E-state index is 14.7. The summed E-state index contributed by atoms with van der Waals surface area (Å²) in [7, 11) is 4.09. The molecule has 0 amide bonds. The lowest BCUT2D eigenvalue weighted by Crippen LogP contribution is -2.45. The number of aromatic nitrogens is 4. The minimum atomic E-state index is -0.457. The van der Waals surface area contributed by atoms with Crippen molar-refractivity contribution < 1.29 is 9.50 Å². The van der Waals surface area contributed by atoms with E-state index in [0.29, 0.717) is 28.8 Å². The second kappa shape index (κ2) is 8.86. The maximum atomic E-state index is 14.7. The number of hydrogen-bond acceptors (Lipinski definition) is 6. The van der Waals surface area contributed by atoms with Gasteiger partial charge in [-0.05, 0) is 69.8 Å². The van der Waals surface area contributed by atoms with E-state index in [2.05, 4.69) is 51.5 Å². The summed E-state index contributed by atoms with van der Waals surface area (Å²) in [5.41, 5.74) is 1.67. The molecule has 0 aliphatic heterocycles. The number of phenols is 1. The first kappa shape index (κ1) is 22.2. The number of nitrogens with zero attached hydrogens (tertiary/aromatic N) is 4. The van der Waals surface area contributed by atoms with Crippen LogP contribution in [0, 0.1) is 11.7 Å². The predicted molar refractivity (Wildman–Crippen MR) is 124 cm³/mol. The first-order chi connectivity index (χ1) is 15.3. The van der Waals surface area contributed by atoms with Crippen LogP contribution in [0.2, 0.25) is 0 Å². The van der Waals surface area contributed by atoms with Crippen molar-refractivity contribution >= 4 is 5.82 Å². The van der Waals surface area contributed by atoms with E-state index < -0.39 is 5.82 Å². The zero-order chi connectivity index (χ0) is 22.9. The van der Waals surface area contributed by atoms with Gasteiger partial charge in [-0.15, -0.1) is 10.2 Å². The van der Waals surface area contributed by atoms with E-state index in [0.717, 1.165) is 25.1 Å². The van der Waals surface area contributed by atoms with Gasteiger partial charge in [-0.1, -0.05) is 6.92 Å². The van der Waals surface area contributed by atoms with E-state index >= 15 is 0 Å². The number of halogens is 1. The van der Waals surface area contributed by atoms with Gasteiger partial charge >= 0.3 is 0 Å². The number of anilines is 1. The van der Waals surface area contributed by atoms with Crippen molar-refractivity contribution in [3.05, 3.63) is 42.5 Å². The number of nitrogens with one attached hydrogen (secondary N) is 2. The highest BCUT2D eigenvalue weighted by Gasteiger charge is 2.33. The summed E-state index contributed by atoms with van der Waals surface area (Å²) in [6.07, 6.45) is 7.56. The van der Waals surface area contributed by atoms with Gasteiger partial charge in [0.25, 0.3) is 0 Å². The molecule has 1 aliphatic carbocycles. The van der Waals surface area contributed by atoms with Crippen molar-refractivity contribution in [3.8, 4) is 28.1 Å². The summed E-state index contributed by atoms with van der Waals surface area (Å²) < 4.78 is 14.7. The molecule has 1 saturated carbocycles. The number of aromatic hydroxyl groups is 1. The summed E-state index contributed by atoms with van der Waals surface area (Å²) in [6, 6.07) is 6.68. The van der Waals surface area contributed by atoms with Crippen LogP contribution in [0.1, 0.15) is 39.5 Å². The number of benzene rings is 1. The third-order valence-electron chi connectivity index (χ3n) is 6.88. The van der Waals surface area contributed by atoms with Crippen LogP contribution < -0.4 is 10.2 Å². The van der Waals surface area contributed by atoms with E-state index in [4.69, 9.17) is 0 Å². The summed E-state index contributed by atoms with van der Waals surface area (Å²) in [4.78, 5) is 2.19. The first-order valence-electron chi connectivity index (χ1n) is 11.1. The average Bonchev–Trinajstić information content (AvgIpc) is 3.28. The lowest BCUT2D eigenvalue weighted by atomic mass is 9.90. The Labute approximate surface area is 188 Å². The van der Waals surface area contributed by atoms with Crippen LogP contribution in [0.25, 0.3) is 22.4 Å². The lowest BCUT2D eigenvalue weighted by molar-refractivity contribution is 0.318. The predicted octanol–water partition coefficient (Wildman–Crippen LogP) is 4.37. The molecule has 1 fully saturated rings. The fourth-order valence-electron chi connectivity index (χ4n) is 4.61. The van der Waals surface area contributed by atoms with Crippen LogP contribution in [0.5, 0.6) is 5.75 Å². The van der Waals surface area contributed by atoms with Gasteiger partial charge in [0, 0.05) is 41.5 Å². The summed E-state index contributed by atoms with van der Waals surface area (Å²) >= 11 is 0. The van der Waals surface area contributed by atoms with Crippen LogP contribution in [0.15, 0.2) is 36.7 Å². The Morgan fingerprint density at radius 2 is 2.06 bits per heavy atom. The van der Waals surface area contributed by atoms with Gasteiger partial charge in [0.2, 0.25) is 0 Å². The Morgan fingerprint density at radius 3 is 2.72 bits per heavy atom. The zero-order valence-electron chi connectivity index (χ0n) is 19.1. The number of hydrogen-bond donors (Lipinski definition) is 3. The molecule has 3 aromatic rings. The van der Waals surface area contributed by atoms with Gasteiger partial charge in [-0.2, -0.15) is 5.10 Å². The smallest absolute Gasteiger partial charge is 0.151 e. The second-order valence-corrected chi connectivity index (χ2v) is 9.27. The topological polar surface area (TPSA) is 90.0 Å². The number of phenolic OH excluding ortho intramolecular Hbond substituents is 1.